The van der Waals surface area contributed by atoms with Gasteiger partial charge in [-0.05, 0) is 38.5 Å². The first-order valence-electron chi connectivity index (χ1n) is 5.08. The number of carboxylic acids is 1. The Morgan fingerprint density at radius 2 is 2.07 bits per heavy atom. The molecule has 0 aliphatic rings. The normalized spacial score (nSPS) is 14.1. The summed E-state index contributed by atoms with van der Waals surface area (Å²) in [4.78, 5) is 10.4. The summed E-state index contributed by atoms with van der Waals surface area (Å²) in [6.45, 7) is 3.98. The third-order valence-corrected chi connectivity index (χ3v) is 2.30. The Hall–Kier alpha value is -0.830. The van der Waals surface area contributed by atoms with Crippen molar-refractivity contribution in [3.63, 3.8) is 0 Å². The standard InChI is InChI=1S/C11H20O3/c1-9(6-4-8-12)5-3-7-10(2)11(13)14/h7,9,12H,3-6,8H2,1-2H3,(H,13,14). The Kier molecular flexibility index (Phi) is 7.11. The van der Waals surface area contributed by atoms with Crippen molar-refractivity contribution in [2.24, 2.45) is 5.92 Å². The maximum atomic E-state index is 10.4. The number of aliphatic carboxylic acids is 1. The van der Waals surface area contributed by atoms with Crippen LogP contribution >= 0.6 is 0 Å². The summed E-state index contributed by atoms with van der Waals surface area (Å²) in [7, 11) is 0. The lowest BCUT2D eigenvalue weighted by Crippen LogP contribution is -1.98. The fourth-order valence-electron chi connectivity index (χ4n) is 1.26. The van der Waals surface area contributed by atoms with Gasteiger partial charge < -0.3 is 10.2 Å². The van der Waals surface area contributed by atoms with Crippen LogP contribution in [0.25, 0.3) is 0 Å². The van der Waals surface area contributed by atoms with Gasteiger partial charge in [0.05, 0.1) is 0 Å². The van der Waals surface area contributed by atoms with Gasteiger partial charge in [-0.1, -0.05) is 13.0 Å². The van der Waals surface area contributed by atoms with Gasteiger partial charge in [0.1, 0.15) is 0 Å². The Labute approximate surface area is 85.4 Å². The van der Waals surface area contributed by atoms with E-state index in [2.05, 4.69) is 6.92 Å². The van der Waals surface area contributed by atoms with Crippen LogP contribution in [0.5, 0.6) is 0 Å². The average Bonchev–Trinajstić information content (AvgIpc) is 2.14. The lowest BCUT2D eigenvalue weighted by molar-refractivity contribution is -0.132. The summed E-state index contributed by atoms with van der Waals surface area (Å²) in [5.41, 5.74) is 0.416. The first-order valence-corrected chi connectivity index (χ1v) is 5.08. The van der Waals surface area contributed by atoms with Crippen LogP contribution in [0.2, 0.25) is 0 Å². The fourth-order valence-corrected chi connectivity index (χ4v) is 1.26. The molecule has 0 fully saturated rings. The van der Waals surface area contributed by atoms with Crippen LogP contribution < -0.4 is 0 Å². The predicted octanol–water partition coefficient (Wildman–Crippen LogP) is 2.21. The van der Waals surface area contributed by atoms with E-state index in [1.807, 2.05) is 0 Å². The minimum Gasteiger partial charge on any atom is -0.478 e. The number of hydrogen-bond acceptors (Lipinski definition) is 2. The summed E-state index contributed by atoms with van der Waals surface area (Å²) in [6.07, 6.45) is 5.41. The van der Waals surface area contributed by atoms with Crippen LogP contribution in [-0.4, -0.2) is 22.8 Å². The molecule has 1 atom stereocenters. The van der Waals surface area contributed by atoms with Crippen LogP contribution in [0.4, 0.5) is 0 Å². The molecule has 82 valence electrons. The quantitative estimate of drug-likeness (QED) is 0.619. The second kappa shape index (κ2) is 7.56. The Balaban J connectivity index is 3.62. The van der Waals surface area contributed by atoms with Crippen molar-refractivity contribution in [3.05, 3.63) is 11.6 Å². The molecule has 1 unspecified atom stereocenters. The van der Waals surface area contributed by atoms with Gasteiger partial charge in [0.25, 0.3) is 0 Å². The van der Waals surface area contributed by atoms with E-state index >= 15 is 0 Å². The van der Waals surface area contributed by atoms with Crippen LogP contribution in [0.1, 0.15) is 39.5 Å². The van der Waals surface area contributed by atoms with Crippen molar-refractivity contribution in [2.45, 2.75) is 39.5 Å². The molecule has 0 amide bonds. The molecule has 14 heavy (non-hydrogen) atoms. The first kappa shape index (κ1) is 13.2. The number of aliphatic hydroxyl groups excluding tert-OH is 1. The van der Waals surface area contributed by atoms with Gasteiger partial charge in [-0.25, -0.2) is 4.79 Å². The van der Waals surface area contributed by atoms with Crippen LogP contribution in [0.15, 0.2) is 11.6 Å². The highest BCUT2D eigenvalue weighted by Gasteiger charge is 2.02. The van der Waals surface area contributed by atoms with Gasteiger partial charge in [-0.3, -0.25) is 0 Å². The summed E-state index contributed by atoms with van der Waals surface area (Å²) in [5, 5.41) is 17.2. The molecule has 0 aromatic heterocycles. The molecule has 0 aliphatic heterocycles. The van der Waals surface area contributed by atoms with E-state index in [1.165, 1.54) is 0 Å². The number of hydrogen-bond donors (Lipinski definition) is 2. The number of carboxylic acid groups (broad SMARTS) is 1. The molecule has 0 spiro atoms. The van der Waals surface area contributed by atoms with Crippen molar-refractivity contribution in [1.82, 2.24) is 0 Å². The molecular weight excluding hydrogens is 180 g/mol. The molecule has 0 rings (SSSR count). The van der Waals surface area contributed by atoms with Crippen LogP contribution in [-0.2, 0) is 4.79 Å². The molecule has 0 aromatic carbocycles. The van der Waals surface area contributed by atoms with Gasteiger partial charge in [-0.2, -0.15) is 0 Å². The molecule has 0 aliphatic carbocycles. The number of aliphatic hydroxyl groups is 1. The van der Waals surface area contributed by atoms with Crippen molar-refractivity contribution in [2.75, 3.05) is 6.61 Å². The first-order chi connectivity index (χ1) is 6.57. The smallest absolute Gasteiger partial charge is 0.330 e. The van der Waals surface area contributed by atoms with Gasteiger partial charge in [0.2, 0.25) is 0 Å². The minimum atomic E-state index is -0.840. The van der Waals surface area contributed by atoms with Gasteiger partial charge >= 0.3 is 5.97 Å². The topological polar surface area (TPSA) is 57.5 Å². The van der Waals surface area contributed by atoms with E-state index in [0.717, 1.165) is 25.7 Å². The van der Waals surface area contributed by atoms with Crippen LogP contribution in [0, 0.1) is 5.92 Å². The maximum absolute atomic E-state index is 10.4. The van der Waals surface area contributed by atoms with Gasteiger partial charge in [0.15, 0.2) is 0 Å². The lowest BCUT2D eigenvalue weighted by atomic mass is 9.99. The van der Waals surface area contributed by atoms with Crippen molar-refractivity contribution >= 4 is 5.97 Å². The molecule has 0 radical (unpaired) electrons. The van der Waals surface area contributed by atoms with E-state index in [-0.39, 0.29) is 6.61 Å². The molecule has 0 aromatic rings. The highest BCUT2D eigenvalue weighted by molar-refractivity contribution is 5.85. The molecular formula is C11H20O3. The summed E-state index contributed by atoms with van der Waals surface area (Å²) in [6, 6.07) is 0. The maximum Gasteiger partial charge on any atom is 0.330 e. The highest BCUT2D eigenvalue weighted by atomic mass is 16.4. The molecule has 0 saturated carbocycles. The number of rotatable bonds is 7. The zero-order chi connectivity index (χ0) is 11.0. The van der Waals surface area contributed by atoms with Crippen molar-refractivity contribution in [1.29, 1.82) is 0 Å². The van der Waals surface area contributed by atoms with E-state index in [4.69, 9.17) is 10.2 Å². The third-order valence-electron chi connectivity index (χ3n) is 2.30. The summed E-state index contributed by atoms with van der Waals surface area (Å²) < 4.78 is 0. The Bertz CT molecular complexity index is 197. The lowest BCUT2D eigenvalue weighted by Gasteiger charge is -2.08. The third kappa shape index (κ3) is 6.66. The molecule has 0 bridgehead atoms. The highest BCUT2D eigenvalue weighted by Crippen LogP contribution is 2.13. The molecule has 2 N–H and O–H groups in total. The van der Waals surface area contributed by atoms with E-state index in [1.54, 1.807) is 13.0 Å². The Morgan fingerprint density at radius 1 is 1.43 bits per heavy atom. The monoisotopic (exact) mass is 200 g/mol. The van der Waals surface area contributed by atoms with Gasteiger partial charge in [-0.15, -0.1) is 0 Å². The average molecular weight is 200 g/mol. The fraction of sp³-hybridized carbons (Fsp3) is 0.727. The van der Waals surface area contributed by atoms with E-state index in [0.29, 0.717) is 11.5 Å². The Morgan fingerprint density at radius 3 is 2.57 bits per heavy atom. The second-order valence-electron chi connectivity index (χ2n) is 3.74. The zero-order valence-electron chi connectivity index (χ0n) is 8.99. The zero-order valence-corrected chi connectivity index (χ0v) is 8.99. The largest absolute Gasteiger partial charge is 0.478 e. The molecule has 3 heteroatoms. The van der Waals surface area contributed by atoms with Crippen molar-refractivity contribution in [3.8, 4) is 0 Å². The number of allylic oxidation sites excluding steroid dienone is 1. The molecule has 0 saturated heterocycles. The van der Waals surface area contributed by atoms with E-state index in [9.17, 15) is 4.79 Å². The minimum absolute atomic E-state index is 0.244. The van der Waals surface area contributed by atoms with Crippen molar-refractivity contribution < 1.29 is 15.0 Å². The van der Waals surface area contributed by atoms with Gasteiger partial charge in [0, 0.05) is 12.2 Å². The predicted molar refractivity (Wildman–Crippen MR) is 56.1 cm³/mol. The molecule has 3 nitrogen and oxygen atoms in total. The SMILES string of the molecule is CC(=CCCC(C)CCCO)C(=O)O. The summed E-state index contributed by atoms with van der Waals surface area (Å²) in [5.74, 6) is -0.284. The molecule has 0 heterocycles. The van der Waals surface area contributed by atoms with E-state index < -0.39 is 5.97 Å². The van der Waals surface area contributed by atoms with Crippen LogP contribution in [0.3, 0.4) is 0 Å². The number of carbonyl (C=O) groups is 1. The second-order valence-corrected chi connectivity index (χ2v) is 3.74. The summed E-state index contributed by atoms with van der Waals surface area (Å²) >= 11 is 0.